The molecule has 1 atom stereocenters. The van der Waals surface area contributed by atoms with E-state index in [0.29, 0.717) is 6.04 Å². The molecule has 0 unspecified atom stereocenters. The molecule has 1 aromatic carbocycles. The predicted molar refractivity (Wildman–Crippen MR) is 74.5 cm³/mol. The first kappa shape index (κ1) is 12.8. The van der Waals surface area contributed by atoms with Gasteiger partial charge in [-0.15, -0.1) is 0 Å². The number of hydrogen-bond acceptors (Lipinski definition) is 2. The van der Waals surface area contributed by atoms with E-state index in [0.717, 1.165) is 13.0 Å². The summed E-state index contributed by atoms with van der Waals surface area (Å²) in [5, 5.41) is 7.74. The van der Waals surface area contributed by atoms with E-state index < -0.39 is 0 Å². The van der Waals surface area contributed by atoms with Gasteiger partial charge in [-0.2, -0.15) is 5.10 Å². The second-order valence-electron chi connectivity index (χ2n) is 4.73. The molecule has 96 valence electrons. The Labute approximate surface area is 109 Å². The van der Waals surface area contributed by atoms with Gasteiger partial charge in [-0.1, -0.05) is 24.3 Å². The van der Waals surface area contributed by atoms with Crippen LogP contribution in [0.3, 0.4) is 0 Å². The van der Waals surface area contributed by atoms with Crippen molar-refractivity contribution in [1.29, 1.82) is 0 Å². The van der Waals surface area contributed by atoms with Gasteiger partial charge in [0.05, 0.1) is 0 Å². The van der Waals surface area contributed by atoms with Crippen molar-refractivity contribution in [2.45, 2.75) is 26.3 Å². The normalized spacial score (nSPS) is 12.6. The fourth-order valence-corrected chi connectivity index (χ4v) is 2.25. The minimum Gasteiger partial charge on any atom is -0.310 e. The molecule has 1 aromatic heterocycles. The number of benzene rings is 1. The van der Waals surface area contributed by atoms with Crippen molar-refractivity contribution in [1.82, 2.24) is 15.1 Å². The lowest BCUT2D eigenvalue weighted by Gasteiger charge is -2.16. The lowest BCUT2D eigenvalue weighted by Crippen LogP contribution is -2.22. The largest absolute Gasteiger partial charge is 0.310 e. The predicted octanol–water partition coefficient (Wildman–Crippen LogP) is 2.62. The maximum Gasteiger partial charge on any atom is 0.0492 e. The van der Waals surface area contributed by atoms with Gasteiger partial charge in [-0.3, -0.25) is 4.68 Å². The molecule has 0 saturated carbocycles. The van der Waals surface area contributed by atoms with Gasteiger partial charge in [0.1, 0.15) is 0 Å². The van der Waals surface area contributed by atoms with Gasteiger partial charge in [0.15, 0.2) is 0 Å². The monoisotopic (exact) mass is 243 g/mol. The zero-order valence-corrected chi connectivity index (χ0v) is 11.4. The average Bonchev–Trinajstić information content (AvgIpc) is 2.75. The number of nitrogens with one attached hydrogen (secondary N) is 1. The maximum atomic E-state index is 4.18. The molecule has 3 heteroatoms. The molecule has 1 heterocycles. The molecule has 0 aliphatic carbocycles. The van der Waals surface area contributed by atoms with Crippen LogP contribution in [0.5, 0.6) is 0 Å². The van der Waals surface area contributed by atoms with E-state index in [4.69, 9.17) is 0 Å². The Hall–Kier alpha value is -1.61. The van der Waals surface area contributed by atoms with Crippen LogP contribution in [0, 0.1) is 6.92 Å². The Bertz CT molecular complexity index is 502. The molecule has 2 rings (SSSR count). The highest BCUT2D eigenvalue weighted by Crippen LogP contribution is 2.16. The van der Waals surface area contributed by atoms with Gasteiger partial charge in [-0.05, 0) is 31.0 Å². The van der Waals surface area contributed by atoms with Crippen LogP contribution >= 0.6 is 0 Å². The molecule has 0 bridgehead atoms. The number of aromatic nitrogens is 2. The van der Waals surface area contributed by atoms with Crippen molar-refractivity contribution >= 4 is 0 Å². The molecule has 0 amide bonds. The van der Waals surface area contributed by atoms with E-state index in [-0.39, 0.29) is 0 Å². The lowest BCUT2D eigenvalue weighted by molar-refractivity contribution is 0.562. The SMILES string of the molecule is Cc1ccccc1[C@H](C)NCCc1ccnn1C. The van der Waals surface area contributed by atoms with E-state index in [1.807, 2.05) is 17.9 Å². The Morgan fingerprint density at radius 2 is 2.06 bits per heavy atom. The van der Waals surface area contributed by atoms with Crippen LogP contribution in [0.15, 0.2) is 36.5 Å². The van der Waals surface area contributed by atoms with Crippen LogP contribution < -0.4 is 5.32 Å². The van der Waals surface area contributed by atoms with Crippen LogP contribution in [0.4, 0.5) is 0 Å². The average molecular weight is 243 g/mol. The minimum absolute atomic E-state index is 0.388. The van der Waals surface area contributed by atoms with Crippen LogP contribution in [-0.4, -0.2) is 16.3 Å². The topological polar surface area (TPSA) is 29.9 Å². The Morgan fingerprint density at radius 1 is 1.28 bits per heavy atom. The van der Waals surface area contributed by atoms with Gasteiger partial charge >= 0.3 is 0 Å². The van der Waals surface area contributed by atoms with Crippen molar-refractivity contribution in [3.63, 3.8) is 0 Å². The van der Waals surface area contributed by atoms with E-state index >= 15 is 0 Å². The van der Waals surface area contributed by atoms with Gasteiger partial charge < -0.3 is 5.32 Å². The summed E-state index contributed by atoms with van der Waals surface area (Å²) in [4.78, 5) is 0. The lowest BCUT2D eigenvalue weighted by atomic mass is 10.0. The van der Waals surface area contributed by atoms with E-state index in [1.165, 1.54) is 16.8 Å². The summed E-state index contributed by atoms with van der Waals surface area (Å²) in [7, 11) is 1.99. The first-order valence-corrected chi connectivity index (χ1v) is 6.44. The second-order valence-corrected chi connectivity index (χ2v) is 4.73. The van der Waals surface area contributed by atoms with Gasteiger partial charge in [0.25, 0.3) is 0 Å². The smallest absolute Gasteiger partial charge is 0.0492 e. The molecular weight excluding hydrogens is 222 g/mol. The molecular formula is C15H21N3. The fourth-order valence-electron chi connectivity index (χ4n) is 2.25. The quantitative estimate of drug-likeness (QED) is 0.875. The third-order valence-corrected chi connectivity index (χ3v) is 3.41. The summed E-state index contributed by atoms with van der Waals surface area (Å²) in [6, 6.07) is 11.0. The minimum atomic E-state index is 0.388. The van der Waals surface area contributed by atoms with Gasteiger partial charge in [-0.25, -0.2) is 0 Å². The molecule has 2 aromatic rings. The Kier molecular flexibility index (Phi) is 4.15. The van der Waals surface area contributed by atoms with Crippen LogP contribution in [0.25, 0.3) is 0 Å². The molecule has 0 spiro atoms. The van der Waals surface area contributed by atoms with Gasteiger partial charge in [0.2, 0.25) is 0 Å². The third-order valence-electron chi connectivity index (χ3n) is 3.41. The standard InChI is InChI=1S/C15H21N3/c1-12-6-4-5-7-15(12)13(2)16-10-8-14-9-11-17-18(14)3/h4-7,9,11,13,16H,8,10H2,1-3H3/t13-/m0/s1. The highest BCUT2D eigenvalue weighted by Gasteiger charge is 2.07. The van der Waals surface area contributed by atoms with Crippen molar-refractivity contribution in [3.8, 4) is 0 Å². The maximum absolute atomic E-state index is 4.18. The number of rotatable bonds is 5. The van der Waals surface area contributed by atoms with Crippen molar-refractivity contribution in [2.75, 3.05) is 6.54 Å². The molecule has 0 aliphatic rings. The fraction of sp³-hybridized carbons (Fsp3) is 0.400. The third kappa shape index (κ3) is 2.99. The molecule has 0 saturated heterocycles. The highest BCUT2D eigenvalue weighted by molar-refractivity contribution is 5.28. The first-order valence-electron chi connectivity index (χ1n) is 6.44. The summed E-state index contributed by atoms with van der Waals surface area (Å²) < 4.78 is 1.93. The summed E-state index contributed by atoms with van der Waals surface area (Å²) in [6.45, 7) is 5.34. The zero-order chi connectivity index (χ0) is 13.0. The summed E-state index contributed by atoms with van der Waals surface area (Å²) in [5.74, 6) is 0. The van der Waals surface area contributed by atoms with Gasteiger partial charge in [0, 0.05) is 37.9 Å². The highest BCUT2D eigenvalue weighted by atomic mass is 15.3. The molecule has 0 aliphatic heterocycles. The molecule has 0 radical (unpaired) electrons. The van der Waals surface area contributed by atoms with Crippen molar-refractivity contribution in [2.24, 2.45) is 7.05 Å². The van der Waals surface area contributed by atoms with E-state index in [9.17, 15) is 0 Å². The number of aryl methyl sites for hydroxylation is 2. The molecule has 1 N–H and O–H groups in total. The number of hydrogen-bond donors (Lipinski definition) is 1. The van der Waals surface area contributed by atoms with Crippen molar-refractivity contribution in [3.05, 3.63) is 53.3 Å². The van der Waals surface area contributed by atoms with E-state index in [1.54, 1.807) is 0 Å². The Balaban J connectivity index is 1.87. The molecule has 0 fully saturated rings. The summed E-state index contributed by atoms with van der Waals surface area (Å²) >= 11 is 0. The number of nitrogens with zero attached hydrogens (tertiary/aromatic N) is 2. The van der Waals surface area contributed by atoms with Crippen molar-refractivity contribution < 1.29 is 0 Å². The van der Waals surface area contributed by atoms with Crippen LogP contribution in [-0.2, 0) is 13.5 Å². The first-order chi connectivity index (χ1) is 8.68. The Morgan fingerprint density at radius 3 is 2.72 bits per heavy atom. The molecule has 18 heavy (non-hydrogen) atoms. The molecule has 3 nitrogen and oxygen atoms in total. The second kappa shape index (κ2) is 5.83. The van der Waals surface area contributed by atoms with Crippen LogP contribution in [0.2, 0.25) is 0 Å². The van der Waals surface area contributed by atoms with Crippen LogP contribution in [0.1, 0.15) is 29.8 Å². The van der Waals surface area contributed by atoms with E-state index in [2.05, 4.69) is 54.6 Å². The zero-order valence-electron chi connectivity index (χ0n) is 11.4. The summed E-state index contributed by atoms with van der Waals surface area (Å²) in [5.41, 5.74) is 3.99. The summed E-state index contributed by atoms with van der Waals surface area (Å²) in [6.07, 6.45) is 2.85.